The summed E-state index contributed by atoms with van der Waals surface area (Å²) in [5, 5.41) is 4.84. The van der Waals surface area contributed by atoms with Crippen LogP contribution in [0.5, 0.6) is 5.75 Å². The van der Waals surface area contributed by atoms with Crippen molar-refractivity contribution in [2.45, 2.75) is 58.2 Å². The molecule has 0 radical (unpaired) electrons. The van der Waals surface area contributed by atoms with Gasteiger partial charge in [0, 0.05) is 32.1 Å². The lowest BCUT2D eigenvalue weighted by atomic mass is 9.90. The average Bonchev–Trinajstić information content (AvgIpc) is 2.70. The zero-order valence-electron chi connectivity index (χ0n) is 19.2. The van der Waals surface area contributed by atoms with Crippen LogP contribution in [0.2, 0.25) is 0 Å². The molecule has 3 atom stereocenters. The summed E-state index contributed by atoms with van der Waals surface area (Å²) in [6.45, 7) is 6.85. The van der Waals surface area contributed by atoms with E-state index in [-0.39, 0.29) is 35.1 Å². The van der Waals surface area contributed by atoms with Crippen LogP contribution in [0.25, 0.3) is 0 Å². The Labute approximate surface area is 189 Å². The number of carbonyl (C=O) groups excluding carboxylic acids is 4. The van der Waals surface area contributed by atoms with Crippen molar-refractivity contribution in [2.24, 2.45) is 11.8 Å². The standard InChI is InChI=1S/C23H34N2O5S/c1-14(2)11-19(21(12-15(3)26)31-16(4)27)22(28)25-20(23(29)24-5)13-17-7-9-18(30-6)10-8-17/h7-10,14,19-21H,11-13H2,1-6H3,(H,24,29)(H,25,28). The van der Waals surface area contributed by atoms with E-state index in [1.807, 2.05) is 26.0 Å². The molecule has 1 aromatic rings. The number of ether oxygens (including phenoxy) is 1. The summed E-state index contributed by atoms with van der Waals surface area (Å²) in [6.07, 6.45) is 0.937. The number of likely N-dealkylation sites (N-methyl/N-ethyl adjacent to an activating group) is 1. The Hall–Kier alpha value is -2.35. The van der Waals surface area contributed by atoms with Gasteiger partial charge in [0.25, 0.3) is 0 Å². The number of benzene rings is 1. The van der Waals surface area contributed by atoms with Gasteiger partial charge in [0.1, 0.15) is 17.6 Å². The van der Waals surface area contributed by atoms with Gasteiger partial charge in [-0.15, -0.1) is 0 Å². The minimum Gasteiger partial charge on any atom is -0.497 e. The summed E-state index contributed by atoms with van der Waals surface area (Å²) in [5.41, 5.74) is 0.869. The van der Waals surface area contributed by atoms with Gasteiger partial charge in [0.05, 0.1) is 13.0 Å². The SMILES string of the molecule is CNC(=O)C(Cc1ccc(OC)cc1)NC(=O)C(CC(C)C)C(CC(C)=O)SC(C)=O. The molecule has 0 aliphatic heterocycles. The molecule has 0 heterocycles. The monoisotopic (exact) mass is 450 g/mol. The second-order valence-corrected chi connectivity index (χ2v) is 9.43. The highest BCUT2D eigenvalue weighted by molar-refractivity contribution is 8.14. The predicted molar refractivity (Wildman–Crippen MR) is 123 cm³/mol. The number of hydrogen-bond donors (Lipinski definition) is 2. The van der Waals surface area contributed by atoms with Crippen molar-refractivity contribution in [2.75, 3.05) is 14.2 Å². The van der Waals surface area contributed by atoms with Crippen molar-refractivity contribution in [1.82, 2.24) is 10.6 Å². The first-order valence-corrected chi connectivity index (χ1v) is 11.3. The van der Waals surface area contributed by atoms with Crippen LogP contribution in [0.1, 0.15) is 46.1 Å². The predicted octanol–water partition coefficient (Wildman–Crippen LogP) is 2.76. The molecule has 1 aromatic carbocycles. The normalized spacial score (nSPS) is 13.8. The zero-order chi connectivity index (χ0) is 23.6. The molecule has 0 spiro atoms. The molecular formula is C23H34N2O5S. The highest BCUT2D eigenvalue weighted by atomic mass is 32.2. The molecule has 172 valence electrons. The van der Waals surface area contributed by atoms with Crippen molar-refractivity contribution in [1.29, 1.82) is 0 Å². The van der Waals surface area contributed by atoms with Crippen LogP contribution in [0.3, 0.4) is 0 Å². The van der Waals surface area contributed by atoms with Crippen LogP contribution in [0.4, 0.5) is 0 Å². The van der Waals surface area contributed by atoms with E-state index < -0.39 is 17.2 Å². The van der Waals surface area contributed by atoms with Gasteiger partial charge in [0.2, 0.25) is 11.8 Å². The van der Waals surface area contributed by atoms with Gasteiger partial charge < -0.3 is 15.4 Å². The Morgan fingerprint density at radius 3 is 2.10 bits per heavy atom. The summed E-state index contributed by atoms with van der Waals surface area (Å²) in [7, 11) is 3.10. The van der Waals surface area contributed by atoms with Crippen LogP contribution in [0.15, 0.2) is 24.3 Å². The smallest absolute Gasteiger partial charge is 0.242 e. The van der Waals surface area contributed by atoms with E-state index in [1.54, 1.807) is 19.2 Å². The molecule has 3 unspecified atom stereocenters. The molecular weight excluding hydrogens is 416 g/mol. The number of nitrogens with one attached hydrogen (secondary N) is 2. The lowest BCUT2D eigenvalue weighted by Crippen LogP contribution is -2.50. The van der Waals surface area contributed by atoms with Crippen LogP contribution in [0, 0.1) is 11.8 Å². The number of methoxy groups -OCH3 is 1. The van der Waals surface area contributed by atoms with Crippen molar-refractivity contribution in [3.8, 4) is 5.75 Å². The molecule has 2 N–H and O–H groups in total. The molecule has 0 saturated carbocycles. The third kappa shape index (κ3) is 9.55. The number of Topliss-reactive ketones (excluding diaryl/α,β-unsaturated/α-hetero) is 1. The van der Waals surface area contributed by atoms with Gasteiger partial charge in [-0.3, -0.25) is 19.2 Å². The van der Waals surface area contributed by atoms with Gasteiger partial charge in [-0.2, -0.15) is 0 Å². The van der Waals surface area contributed by atoms with Crippen molar-refractivity contribution >= 4 is 34.5 Å². The molecule has 0 saturated heterocycles. The van der Waals surface area contributed by atoms with E-state index in [2.05, 4.69) is 10.6 Å². The molecule has 8 heteroatoms. The Kier molecular flexibility index (Phi) is 11.3. The number of carbonyl (C=O) groups is 4. The number of hydrogen-bond acceptors (Lipinski definition) is 6. The third-order valence-corrected chi connectivity index (χ3v) is 5.93. The summed E-state index contributed by atoms with van der Waals surface area (Å²) in [4.78, 5) is 49.3. The molecule has 7 nitrogen and oxygen atoms in total. The Morgan fingerprint density at radius 2 is 1.65 bits per heavy atom. The van der Waals surface area contributed by atoms with Crippen LogP contribution < -0.4 is 15.4 Å². The second-order valence-electron chi connectivity index (χ2n) is 8.02. The second kappa shape index (κ2) is 13.1. The first kappa shape index (κ1) is 26.7. The molecule has 2 amide bonds. The first-order chi connectivity index (χ1) is 14.6. The van der Waals surface area contributed by atoms with Crippen LogP contribution >= 0.6 is 11.8 Å². The highest BCUT2D eigenvalue weighted by Crippen LogP contribution is 2.29. The fourth-order valence-corrected chi connectivity index (χ4v) is 4.50. The van der Waals surface area contributed by atoms with Gasteiger partial charge in [0.15, 0.2) is 5.12 Å². The fourth-order valence-electron chi connectivity index (χ4n) is 3.36. The Balaban J connectivity index is 3.10. The maximum absolute atomic E-state index is 13.3. The minimum absolute atomic E-state index is 0.0820. The van der Waals surface area contributed by atoms with Gasteiger partial charge >= 0.3 is 0 Å². The summed E-state index contributed by atoms with van der Waals surface area (Å²) in [6, 6.07) is 6.51. The number of ketones is 1. The summed E-state index contributed by atoms with van der Waals surface area (Å²) < 4.78 is 5.16. The summed E-state index contributed by atoms with van der Waals surface area (Å²) >= 11 is 1.02. The van der Waals surface area contributed by atoms with Crippen molar-refractivity contribution in [3.63, 3.8) is 0 Å². The van der Waals surface area contributed by atoms with E-state index in [0.717, 1.165) is 17.3 Å². The van der Waals surface area contributed by atoms with Crippen molar-refractivity contribution < 1.29 is 23.9 Å². The average molecular weight is 451 g/mol. The van der Waals surface area contributed by atoms with E-state index >= 15 is 0 Å². The molecule has 0 fully saturated rings. The topological polar surface area (TPSA) is 102 Å². The molecule has 0 bridgehead atoms. The molecule has 1 rings (SSSR count). The van der Waals surface area contributed by atoms with E-state index in [4.69, 9.17) is 4.74 Å². The number of thioether (sulfide) groups is 1. The number of amides is 2. The Bertz CT molecular complexity index is 748. The van der Waals surface area contributed by atoms with E-state index in [9.17, 15) is 19.2 Å². The first-order valence-electron chi connectivity index (χ1n) is 10.4. The van der Waals surface area contributed by atoms with Crippen LogP contribution in [-0.2, 0) is 25.6 Å². The molecule has 0 aliphatic rings. The van der Waals surface area contributed by atoms with Crippen molar-refractivity contribution in [3.05, 3.63) is 29.8 Å². The van der Waals surface area contributed by atoms with Gasteiger partial charge in [-0.1, -0.05) is 37.7 Å². The van der Waals surface area contributed by atoms with E-state index in [0.29, 0.717) is 18.6 Å². The molecule has 31 heavy (non-hydrogen) atoms. The minimum atomic E-state index is -0.777. The maximum atomic E-state index is 13.3. The van der Waals surface area contributed by atoms with Crippen LogP contribution in [-0.4, -0.2) is 48.2 Å². The lowest BCUT2D eigenvalue weighted by molar-refractivity contribution is -0.131. The summed E-state index contributed by atoms with van der Waals surface area (Å²) in [5.74, 6) is -0.403. The fraction of sp³-hybridized carbons (Fsp3) is 0.565. The zero-order valence-corrected chi connectivity index (χ0v) is 20.0. The van der Waals surface area contributed by atoms with Gasteiger partial charge in [-0.05, 0) is 37.0 Å². The lowest BCUT2D eigenvalue weighted by Gasteiger charge is -2.28. The van der Waals surface area contributed by atoms with E-state index in [1.165, 1.54) is 20.9 Å². The maximum Gasteiger partial charge on any atom is 0.242 e. The third-order valence-electron chi connectivity index (χ3n) is 4.80. The quantitative estimate of drug-likeness (QED) is 0.508. The van der Waals surface area contributed by atoms with Gasteiger partial charge in [-0.25, -0.2) is 0 Å². The molecule has 0 aliphatic carbocycles. The molecule has 0 aromatic heterocycles. The highest BCUT2D eigenvalue weighted by Gasteiger charge is 2.33. The Morgan fingerprint density at radius 1 is 1.03 bits per heavy atom. The number of rotatable bonds is 12. The largest absolute Gasteiger partial charge is 0.497 e.